The fourth-order valence-corrected chi connectivity index (χ4v) is 1.67. The second-order valence-electron chi connectivity index (χ2n) is 4.06. The zero-order chi connectivity index (χ0) is 14.0. The van der Waals surface area contributed by atoms with E-state index in [9.17, 15) is 14.9 Å². The average molecular weight is 260 g/mol. The summed E-state index contributed by atoms with van der Waals surface area (Å²) in [5.74, 6) is -0.596. The van der Waals surface area contributed by atoms with E-state index in [1.807, 2.05) is 19.1 Å². The maximum absolute atomic E-state index is 12.0. The van der Waals surface area contributed by atoms with Crippen LogP contribution in [0.25, 0.3) is 0 Å². The molecule has 19 heavy (non-hydrogen) atoms. The van der Waals surface area contributed by atoms with Crippen LogP contribution < -0.4 is 5.32 Å². The molecule has 0 fully saturated rings. The Morgan fingerprint density at radius 1 is 1.42 bits per heavy atom. The van der Waals surface area contributed by atoms with Crippen molar-refractivity contribution in [1.29, 1.82) is 0 Å². The van der Waals surface area contributed by atoms with Crippen LogP contribution in [-0.2, 0) is 7.05 Å². The molecule has 7 nitrogen and oxygen atoms in total. The third-order valence-electron chi connectivity index (χ3n) is 2.61. The third-order valence-corrected chi connectivity index (χ3v) is 2.61. The highest BCUT2D eigenvalue weighted by atomic mass is 16.6. The number of carbonyl (C=O) groups is 1. The first kappa shape index (κ1) is 12.7. The second kappa shape index (κ2) is 4.89. The van der Waals surface area contributed by atoms with Gasteiger partial charge in [0.1, 0.15) is 6.20 Å². The number of anilines is 1. The summed E-state index contributed by atoms with van der Waals surface area (Å²) in [6.45, 7) is 1.84. The molecule has 2 aromatic rings. The van der Waals surface area contributed by atoms with Gasteiger partial charge in [-0.25, -0.2) is 0 Å². The Bertz CT molecular complexity index is 648. The number of rotatable bonds is 3. The standard InChI is InChI=1S/C12H12N4O3/c1-8-5-3-4-6-9(8)13-12(17)11-10(16(18)19)7-15(2)14-11/h3-7H,1-2H3,(H,13,17). The number of carbonyl (C=O) groups excluding carboxylic acids is 1. The van der Waals surface area contributed by atoms with E-state index in [1.165, 1.54) is 17.9 Å². The maximum Gasteiger partial charge on any atom is 0.320 e. The molecule has 98 valence electrons. The molecule has 0 aliphatic rings. The lowest BCUT2D eigenvalue weighted by Crippen LogP contribution is -2.15. The van der Waals surface area contributed by atoms with Crippen LogP contribution in [0.15, 0.2) is 30.5 Å². The second-order valence-corrected chi connectivity index (χ2v) is 4.06. The molecule has 2 rings (SSSR count). The smallest absolute Gasteiger partial charge is 0.320 e. The molecule has 0 aliphatic carbocycles. The number of aryl methyl sites for hydroxylation is 2. The molecule has 1 aromatic heterocycles. The summed E-state index contributed by atoms with van der Waals surface area (Å²) in [5.41, 5.74) is 0.964. The van der Waals surface area contributed by atoms with Crippen LogP contribution in [0, 0.1) is 17.0 Å². The maximum atomic E-state index is 12.0. The number of hydrogen-bond acceptors (Lipinski definition) is 4. The highest BCUT2D eigenvalue weighted by Gasteiger charge is 2.25. The minimum absolute atomic E-state index is 0.198. The minimum atomic E-state index is -0.625. The van der Waals surface area contributed by atoms with Crippen LogP contribution in [-0.4, -0.2) is 20.6 Å². The molecule has 0 spiro atoms. The van der Waals surface area contributed by atoms with E-state index >= 15 is 0 Å². The van der Waals surface area contributed by atoms with Gasteiger partial charge in [-0.05, 0) is 18.6 Å². The molecule has 0 bridgehead atoms. The molecule has 1 heterocycles. The van der Waals surface area contributed by atoms with Gasteiger partial charge in [0.15, 0.2) is 0 Å². The van der Waals surface area contributed by atoms with E-state index in [2.05, 4.69) is 10.4 Å². The number of hydrogen-bond donors (Lipinski definition) is 1. The summed E-state index contributed by atoms with van der Waals surface area (Å²) in [7, 11) is 1.53. The van der Waals surface area contributed by atoms with E-state index in [-0.39, 0.29) is 11.4 Å². The summed E-state index contributed by atoms with van der Waals surface area (Å²) in [4.78, 5) is 22.2. The normalized spacial score (nSPS) is 10.2. The van der Waals surface area contributed by atoms with Crippen molar-refractivity contribution in [2.75, 3.05) is 5.32 Å². The molecule has 0 saturated heterocycles. The quantitative estimate of drug-likeness (QED) is 0.674. The van der Waals surface area contributed by atoms with Gasteiger partial charge >= 0.3 is 5.69 Å². The lowest BCUT2D eigenvalue weighted by molar-refractivity contribution is -0.385. The lowest BCUT2D eigenvalue weighted by atomic mass is 10.2. The van der Waals surface area contributed by atoms with Crippen molar-refractivity contribution in [2.45, 2.75) is 6.92 Å². The van der Waals surface area contributed by atoms with Crippen molar-refractivity contribution in [3.8, 4) is 0 Å². The van der Waals surface area contributed by atoms with Crippen molar-refractivity contribution in [3.63, 3.8) is 0 Å². The van der Waals surface area contributed by atoms with E-state index in [4.69, 9.17) is 0 Å². The molecule has 0 unspecified atom stereocenters. The van der Waals surface area contributed by atoms with Crippen LogP contribution in [0.1, 0.15) is 16.1 Å². The first-order valence-corrected chi connectivity index (χ1v) is 5.54. The SMILES string of the molecule is Cc1ccccc1NC(=O)c1nn(C)cc1[N+](=O)[O-]. The zero-order valence-electron chi connectivity index (χ0n) is 10.5. The van der Waals surface area contributed by atoms with E-state index in [0.717, 1.165) is 5.56 Å². The van der Waals surface area contributed by atoms with Gasteiger partial charge in [-0.1, -0.05) is 18.2 Å². The molecule has 0 saturated carbocycles. The molecule has 7 heteroatoms. The predicted molar refractivity (Wildman–Crippen MR) is 69.0 cm³/mol. The fourth-order valence-electron chi connectivity index (χ4n) is 1.67. The first-order chi connectivity index (χ1) is 8.99. The minimum Gasteiger partial charge on any atom is -0.320 e. The lowest BCUT2D eigenvalue weighted by Gasteiger charge is -2.05. The van der Waals surface area contributed by atoms with Crippen molar-refractivity contribution >= 4 is 17.3 Å². The van der Waals surface area contributed by atoms with Gasteiger partial charge in [0.25, 0.3) is 5.91 Å². The Morgan fingerprint density at radius 2 is 2.11 bits per heavy atom. The van der Waals surface area contributed by atoms with Gasteiger partial charge in [-0.15, -0.1) is 0 Å². The summed E-state index contributed by atoms with van der Waals surface area (Å²) in [5, 5.41) is 17.3. The average Bonchev–Trinajstić information content (AvgIpc) is 2.74. The Morgan fingerprint density at radius 3 is 2.74 bits per heavy atom. The van der Waals surface area contributed by atoms with E-state index < -0.39 is 10.8 Å². The summed E-state index contributed by atoms with van der Waals surface area (Å²) >= 11 is 0. The van der Waals surface area contributed by atoms with Crippen LogP contribution in [0.5, 0.6) is 0 Å². The molecule has 1 N–H and O–H groups in total. The van der Waals surface area contributed by atoms with E-state index in [1.54, 1.807) is 12.1 Å². The number of para-hydroxylation sites is 1. The molecule has 0 radical (unpaired) electrons. The van der Waals surface area contributed by atoms with Crippen LogP contribution in [0.2, 0.25) is 0 Å². The van der Waals surface area contributed by atoms with Gasteiger partial charge in [0.05, 0.1) is 4.92 Å². The van der Waals surface area contributed by atoms with Gasteiger partial charge in [-0.3, -0.25) is 19.6 Å². The number of nitro groups is 1. The van der Waals surface area contributed by atoms with Gasteiger partial charge in [-0.2, -0.15) is 5.10 Å². The molecule has 1 aromatic carbocycles. The molecule has 0 aliphatic heterocycles. The number of amides is 1. The largest absolute Gasteiger partial charge is 0.320 e. The highest BCUT2D eigenvalue weighted by molar-refractivity contribution is 6.05. The Balaban J connectivity index is 2.31. The van der Waals surface area contributed by atoms with Crippen molar-refractivity contribution in [3.05, 3.63) is 51.8 Å². The Hall–Kier alpha value is -2.70. The summed E-state index contributed by atoms with van der Waals surface area (Å²) in [6, 6.07) is 7.17. The Kier molecular flexibility index (Phi) is 3.28. The van der Waals surface area contributed by atoms with Gasteiger partial charge < -0.3 is 5.32 Å². The predicted octanol–water partition coefficient (Wildman–Crippen LogP) is 1.89. The van der Waals surface area contributed by atoms with Gasteiger partial charge in [0, 0.05) is 12.7 Å². The Labute approximate surface area is 109 Å². The first-order valence-electron chi connectivity index (χ1n) is 5.54. The molecule has 0 atom stereocenters. The number of benzene rings is 1. The molecular formula is C12H12N4O3. The van der Waals surface area contributed by atoms with E-state index in [0.29, 0.717) is 5.69 Å². The number of nitrogens with zero attached hydrogens (tertiary/aromatic N) is 3. The summed E-state index contributed by atoms with van der Waals surface area (Å²) in [6.07, 6.45) is 1.20. The number of nitrogens with one attached hydrogen (secondary N) is 1. The van der Waals surface area contributed by atoms with Crippen molar-refractivity contribution < 1.29 is 9.72 Å². The zero-order valence-corrected chi connectivity index (χ0v) is 10.5. The molecular weight excluding hydrogens is 248 g/mol. The topological polar surface area (TPSA) is 90.1 Å². The van der Waals surface area contributed by atoms with Crippen LogP contribution in [0.3, 0.4) is 0 Å². The molecule has 1 amide bonds. The third kappa shape index (κ3) is 2.59. The van der Waals surface area contributed by atoms with Crippen molar-refractivity contribution in [1.82, 2.24) is 9.78 Å². The highest BCUT2D eigenvalue weighted by Crippen LogP contribution is 2.19. The van der Waals surface area contributed by atoms with Crippen LogP contribution >= 0.6 is 0 Å². The summed E-state index contributed by atoms with van der Waals surface area (Å²) < 4.78 is 1.24. The van der Waals surface area contributed by atoms with Crippen molar-refractivity contribution in [2.24, 2.45) is 7.05 Å². The monoisotopic (exact) mass is 260 g/mol. The number of aromatic nitrogens is 2. The van der Waals surface area contributed by atoms with Gasteiger partial charge in [0.2, 0.25) is 5.69 Å². The fraction of sp³-hybridized carbons (Fsp3) is 0.167. The van der Waals surface area contributed by atoms with Crippen LogP contribution in [0.4, 0.5) is 11.4 Å².